The lowest BCUT2D eigenvalue weighted by atomic mass is 9.97. The standard InChI is InChI=1S/C22H28N4O3/c1-13-7-8-14(2)17(9-13)10-18-15(3)25-21-19(11-24-26(21)16(18)4)22(27)23-12-20(28-5)29-6/h7-9,11,20H,10,12H2,1-6H3,(H,23,27). The van der Waals surface area contributed by atoms with Gasteiger partial charge in [0.1, 0.15) is 5.56 Å². The molecular formula is C22H28N4O3. The van der Waals surface area contributed by atoms with Crippen LogP contribution in [0.15, 0.2) is 24.4 Å². The molecule has 2 aromatic heterocycles. The quantitative estimate of drug-likeness (QED) is 0.622. The molecule has 1 amide bonds. The Morgan fingerprint density at radius 3 is 2.59 bits per heavy atom. The van der Waals surface area contributed by atoms with Gasteiger partial charge in [-0.2, -0.15) is 5.10 Å². The maximum Gasteiger partial charge on any atom is 0.256 e. The number of carbonyl (C=O) groups is 1. The monoisotopic (exact) mass is 396 g/mol. The summed E-state index contributed by atoms with van der Waals surface area (Å²) in [6.45, 7) is 8.46. The predicted molar refractivity (Wildman–Crippen MR) is 111 cm³/mol. The van der Waals surface area contributed by atoms with E-state index in [9.17, 15) is 4.79 Å². The van der Waals surface area contributed by atoms with Gasteiger partial charge in [-0.15, -0.1) is 0 Å². The number of ether oxygens (including phenoxy) is 2. The van der Waals surface area contributed by atoms with E-state index in [2.05, 4.69) is 42.5 Å². The Bertz CT molecular complexity index is 1040. The highest BCUT2D eigenvalue weighted by atomic mass is 16.7. The van der Waals surface area contributed by atoms with Crippen molar-refractivity contribution in [1.82, 2.24) is 19.9 Å². The summed E-state index contributed by atoms with van der Waals surface area (Å²) in [7, 11) is 3.06. The molecule has 0 unspecified atom stereocenters. The first-order chi connectivity index (χ1) is 13.8. The minimum Gasteiger partial charge on any atom is -0.354 e. The summed E-state index contributed by atoms with van der Waals surface area (Å²) in [6, 6.07) is 6.48. The van der Waals surface area contributed by atoms with E-state index < -0.39 is 6.29 Å². The molecule has 0 atom stereocenters. The molecule has 3 aromatic rings. The van der Waals surface area contributed by atoms with Crippen molar-refractivity contribution in [3.8, 4) is 0 Å². The van der Waals surface area contributed by atoms with E-state index in [1.165, 1.54) is 30.9 Å². The SMILES string of the molecule is COC(CNC(=O)c1cnn2c(C)c(Cc3cc(C)ccc3C)c(C)nc12)OC. The van der Waals surface area contributed by atoms with Crippen LogP contribution < -0.4 is 5.32 Å². The van der Waals surface area contributed by atoms with Gasteiger partial charge in [-0.25, -0.2) is 9.50 Å². The van der Waals surface area contributed by atoms with Gasteiger partial charge < -0.3 is 14.8 Å². The largest absolute Gasteiger partial charge is 0.354 e. The van der Waals surface area contributed by atoms with Crippen molar-refractivity contribution in [2.75, 3.05) is 20.8 Å². The van der Waals surface area contributed by atoms with Crippen LogP contribution in [-0.2, 0) is 15.9 Å². The van der Waals surface area contributed by atoms with E-state index in [4.69, 9.17) is 14.5 Å². The van der Waals surface area contributed by atoms with Crippen LogP contribution in [0.5, 0.6) is 0 Å². The summed E-state index contributed by atoms with van der Waals surface area (Å²) < 4.78 is 12.0. The number of nitrogens with zero attached hydrogens (tertiary/aromatic N) is 3. The van der Waals surface area contributed by atoms with Crippen LogP contribution in [-0.4, -0.2) is 47.6 Å². The summed E-state index contributed by atoms with van der Waals surface area (Å²) in [4.78, 5) is 17.3. The molecule has 0 saturated carbocycles. The summed E-state index contributed by atoms with van der Waals surface area (Å²) >= 11 is 0. The number of benzene rings is 1. The van der Waals surface area contributed by atoms with Crippen LogP contribution in [0.25, 0.3) is 5.65 Å². The molecule has 0 bridgehead atoms. The zero-order chi connectivity index (χ0) is 21.1. The van der Waals surface area contributed by atoms with Gasteiger partial charge in [-0.3, -0.25) is 4.79 Å². The molecule has 3 rings (SSSR count). The molecule has 0 saturated heterocycles. The van der Waals surface area contributed by atoms with Crippen LogP contribution in [0.2, 0.25) is 0 Å². The van der Waals surface area contributed by atoms with Crippen LogP contribution in [0.3, 0.4) is 0 Å². The molecule has 154 valence electrons. The highest BCUT2D eigenvalue weighted by Crippen LogP contribution is 2.22. The van der Waals surface area contributed by atoms with E-state index >= 15 is 0 Å². The number of methoxy groups -OCH3 is 2. The Morgan fingerprint density at radius 1 is 1.17 bits per heavy atom. The molecule has 0 spiro atoms. The van der Waals surface area contributed by atoms with Gasteiger partial charge in [0.05, 0.1) is 12.7 Å². The van der Waals surface area contributed by atoms with Crippen molar-refractivity contribution >= 4 is 11.6 Å². The Morgan fingerprint density at radius 2 is 1.90 bits per heavy atom. The van der Waals surface area contributed by atoms with Gasteiger partial charge in [0.25, 0.3) is 5.91 Å². The summed E-state index contributed by atoms with van der Waals surface area (Å²) in [5.41, 5.74) is 7.75. The average molecular weight is 396 g/mol. The molecule has 1 aromatic carbocycles. The van der Waals surface area contributed by atoms with Crippen molar-refractivity contribution in [1.29, 1.82) is 0 Å². The van der Waals surface area contributed by atoms with E-state index in [0.717, 1.165) is 23.4 Å². The molecule has 0 fully saturated rings. The Balaban J connectivity index is 1.93. The van der Waals surface area contributed by atoms with Crippen LogP contribution in [0.4, 0.5) is 0 Å². The molecule has 0 aliphatic rings. The number of hydrogen-bond acceptors (Lipinski definition) is 5. The van der Waals surface area contributed by atoms with Gasteiger partial charge in [0, 0.05) is 32.0 Å². The minimum atomic E-state index is -0.499. The second-order valence-electron chi connectivity index (χ2n) is 7.27. The number of aryl methyl sites for hydroxylation is 4. The summed E-state index contributed by atoms with van der Waals surface area (Å²) in [6.07, 6.45) is 1.83. The van der Waals surface area contributed by atoms with Gasteiger partial charge >= 0.3 is 0 Å². The molecule has 7 heteroatoms. The molecule has 1 N–H and O–H groups in total. The van der Waals surface area contributed by atoms with E-state index in [0.29, 0.717) is 11.2 Å². The fourth-order valence-corrected chi connectivity index (χ4v) is 3.44. The number of aromatic nitrogens is 3. The van der Waals surface area contributed by atoms with Gasteiger partial charge in [-0.05, 0) is 44.4 Å². The molecule has 0 radical (unpaired) electrons. The van der Waals surface area contributed by atoms with Crippen LogP contribution in [0, 0.1) is 27.7 Å². The minimum absolute atomic E-state index is 0.242. The van der Waals surface area contributed by atoms with Crippen LogP contribution >= 0.6 is 0 Å². The molecule has 2 heterocycles. The number of carbonyl (C=O) groups excluding carboxylic acids is 1. The lowest BCUT2D eigenvalue weighted by molar-refractivity contribution is -0.0974. The fourth-order valence-electron chi connectivity index (χ4n) is 3.44. The number of hydrogen-bond donors (Lipinski definition) is 1. The van der Waals surface area contributed by atoms with E-state index in [1.54, 1.807) is 10.7 Å². The number of fused-ring (bicyclic) bond motifs is 1. The first-order valence-corrected chi connectivity index (χ1v) is 9.59. The molecular weight excluding hydrogens is 368 g/mol. The molecule has 0 aliphatic carbocycles. The second-order valence-corrected chi connectivity index (χ2v) is 7.27. The zero-order valence-electron chi connectivity index (χ0n) is 17.9. The Labute approximate surface area is 171 Å². The molecule has 29 heavy (non-hydrogen) atoms. The van der Waals surface area contributed by atoms with E-state index in [-0.39, 0.29) is 12.5 Å². The third-order valence-corrected chi connectivity index (χ3v) is 5.28. The fraction of sp³-hybridized carbons (Fsp3) is 0.409. The molecule has 7 nitrogen and oxygen atoms in total. The van der Waals surface area contributed by atoms with Crippen molar-refractivity contribution in [3.05, 3.63) is 63.6 Å². The smallest absolute Gasteiger partial charge is 0.256 e. The third kappa shape index (κ3) is 4.31. The third-order valence-electron chi connectivity index (χ3n) is 5.28. The first kappa shape index (κ1) is 21.0. The molecule has 0 aliphatic heterocycles. The number of nitrogens with one attached hydrogen (secondary N) is 1. The Kier molecular flexibility index (Phi) is 6.30. The number of rotatable bonds is 7. The topological polar surface area (TPSA) is 77.8 Å². The summed E-state index contributed by atoms with van der Waals surface area (Å²) in [5, 5.41) is 7.22. The first-order valence-electron chi connectivity index (χ1n) is 9.59. The maximum atomic E-state index is 12.6. The maximum absolute atomic E-state index is 12.6. The average Bonchev–Trinajstić information content (AvgIpc) is 3.12. The predicted octanol–water partition coefficient (Wildman–Crippen LogP) is 2.90. The lowest BCUT2D eigenvalue weighted by Crippen LogP contribution is -2.34. The Hall–Kier alpha value is -2.77. The highest BCUT2D eigenvalue weighted by molar-refractivity contribution is 5.99. The normalized spacial score (nSPS) is 11.4. The lowest BCUT2D eigenvalue weighted by Gasteiger charge is -2.15. The summed E-state index contributed by atoms with van der Waals surface area (Å²) in [5.74, 6) is -0.257. The van der Waals surface area contributed by atoms with E-state index in [1.807, 2.05) is 13.8 Å². The highest BCUT2D eigenvalue weighted by Gasteiger charge is 2.19. The van der Waals surface area contributed by atoms with Crippen LogP contribution in [0.1, 0.15) is 44.0 Å². The van der Waals surface area contributed by atoms with Crippen molar-refractivity contribution in [2.45, 2.75) is 40.4 Å². The van der Waals surface area contributed by atoms with Gasteiger partial charge in [0.15, 0.2) is 11.9 Å². The second kappa shape index (κ2) is 8.71. The number of amides is 1. The van der Waals surface area contributed by atoms with Gasteiger partial charge in [0.2, 0.25) is 0 Å². The van der Waals surface area contributed by atoms with Crippen molar-refractivity contribution < 1.29 is 14.3 Å². The zero-order valence-corrected chi connectivity index (χ0v) is 17.9. The van der Waals surface area contributed by atoms with Gasteiger partial charge in [-0.1, -0.05) is 23.8 Å². The van der Waals surface area contributed by atoms with Crippen molar-refractivity contribution in [2.24, 2.45) is 0 Å². The van der Waals surface area contributed by atoms with Crippen molar-refractivity contribution in [3.63, 3.8) is 0 Å².